The molecule has 1 N–H and O–H groups in total. The number of benzene rings is 1. The second kappa shape index (κ2) is 7.12. The van der Waals surface area contributed by atoms with Gasteiger partial charge in [-0.25, -0.2) is 4.98 Å². The van der Waals surface area contributed by atoms with E-state index in [2.05, 4.69) is 9.97 Å². The summed E-state index contributed by atoms with van der Waals surface area (Å²) in [5, 5.41) is 0.938. The minimum absolute atomic E-state index is 0.0717. The van der Waals surface area contributed by atoms with Crippen molar-refractivity contribution in [2.24, 2.45) is 0 Å². The lowest BCUT2D eigenvalue weighted by Gasteiger charge is -2.29. The standard InChI is InChI=1S/C16H18Cl3N3O/c1-8(2)22(9(3)4)13(23)6-5-12-20-11-7-10(17)14(18)15(19)16(11)21-12/h5-9H,1-4H3,(H,20,21). The Kier molecular flexibility index (Phi) is 5.61. The summed E-state index contributed by atoms with van der Waals surface area (Å²) in [6.45, 7) is 7.93. The molecule has 0 radical (unpaired) electrons. The molecule has 1 aromatic carbocycles. The minimum Gasteiger partial charge on any atom is -0.337 e. The van der Waals surface area contributed by atoms with Crippen LogP contribution in [0.3, 0.4) is 0 Å². The Bertz CT molecular complexity index is 758. The molecule has 0 fully saturated rings. The number of hydrogen-bond acceptors (Lipinski definition) is 2. The first-order valence-electron chi connectivity index (χ1n) is 7.26. The molecule has 0 saturated heterocycles. The van der Waals surface area contributed by atoms with E-state index in [1.54, 1.807) is 17.0 Å². The number of fused-ring (bicyclic) bond motifs is 1. The normalized spacial score (nSPS) is 12.0. The minimum atomic E-state index is -0.0717. The summed E-state index contributed by atoms with van der Waals surface area (Å²) in [6, 6.07) is 1.87. The van der Waals surface area contributed by atoms with Crippen LogP contribution >= 0.6 is 34.8 Å². The van der Waals surface area contributed by atoms with Gasteiger partial charge in [0.25, 0.3) is 0 Å². The lowest BCUT2D eigenvalue weighted by Crippen LogP contribution is -2.41. The van der Waals surface area contributed by atoms with E-state index in [0.29, 0.717) is 26.9 Å². The third-order valence-corrected chi connectivity index (χ3v) is 4.65. The zero-order valence-electron chi connectivity index (χ0n) is 13.3. The van der Waals surface area contributed by atoms with Crippen LogP contribution in [0, 0.1) is 0 Å². The summed E-state index contributed by atoms with van der Waals surface area (Å²) in [6.07, 6.45) is 3.12. The second-order valence-corrected chi connectivity index (χ2v) is 6.93. The van der Waals surface area contributed by atoms with E-state index in [0.717, 1.165) is 0 Å². The largest absolute Gasteiger partial charge is 0.337 e. The molecule has 2 aromatic rings. The molecular formula is C16H18Cl3N3O. The number of H-pyrrole nitrogens is 1. The Morgan fingerprint density at radius 1 is 1.17 bits per heavy atom. The molecule has 1 aromatic heterocycles. The van der Waals surface area contributed by atoms with Crippen molar-refractivity contribution in [3.05, 3.63) is 33.0 Å². The molecule has 0 saturated carbocycles. The number of imidazole rings is 1. The van der Waals surface area contributed by atoms with E-state index in [1.807, 2.05) is 27.7 Å². The molecule has 0 aliphatic carbocycles. The highest BCUT2D eigenvalue weighted by Crippen LogP contribution is 2.35. The highest BCUT2D eigenvalue weighted by Gasteiger charge is 2.18. The predicted octanol–water partition coefficient (Wildman–Crippen LogP) is 5.18. The number of halogens is 3. The summed E-state index contributed by atoms with van der Waals surface area (Å²) < 4.78 is 0. The first kappa shape index (κ1) is 18.1. The van der Waals surface area contributed by atoms with Gasteiger partial charge in [-0.15, -0.1) is 0 Å². The summed E-state index contributed by atoms with van der Waals surface area (Å²) in [5.74, 6) is 0.443. The van der Waals surface area contributed by atoms with E-state index in [-0.39, 0.29) is 23.0 Å². The van der Waals surface area contributed by atoms with Crippen molar-refractivity contribution in [2.45, 2.75) is 39.8 Å². The fourth-order valence-electron chi connectivity index (χ4n) is 2.50. The number of hydrogen-bond donors (Lipinski definition) is 1. The molecule has 2 rings (SSSR count). The van der Waals surface area contributed by atoms with Crippen molar-refractivity contribution < 1.29 is 4.79 Å². The van der Waals surface area contributed by atoms with Gasteiger partial charge in [-0.05, 0) is 39.8 Å². The van der Waals surface area contributed by atoms with Crippen LogP contribution in [0.15, 0.2) is 12.1 Å². The van der Waals surface area contributed by atoms with Crippen LogP contribution in [0.2, 0.25) is 15.1 Å². The van der Waals surface area contributed by atoms with E-state index < -0.39 is 0 Å². The monoisotopic (exact) mass is 373 g/mol. The van der Waals surface area contributed by atoms with E-state index in [4.69, 9.17) is 34.8 Å². The number of carbonyl (C=O) groups excluding carboxylic acids is 1. The fourth-order valence-corrected chi connectivity index (χ4v) is 3.14. The third kappa shape index (κ3) is 3.82. The molecule has 0 unspecified atom stereocenters. The van der Waals surface area contributed by atoms with Crippen molar-refractivity contribution in [1.29, 1.82) is 0 Å². The average Bonchev–Trinajstić information content (AvgIpc) is 2.85. The molecule has 124 valence electrons. The summed E-state index contributed by atoms with van der Waals surface area (Å²) in [7, 11) is 0. The first-order chi connectivity index (χ1) is 10.7. The fraction of sp³-hybridized carbons (Fsp3) is 0.375. The maximum Gasteiger partial charge on any atom is 0.247 e. The van der Waals surface area contributed by atoms with E-state index in [1.165, 1.54) is 6.08 Å². The molecule has 1 heterocycles. The topological polar surface area (TPSA) is 49.0 Å². The van der Waals surface area contributed by atoms with Crippen LogP contribution in [0.4, 0.5) is 0 Å². The van der Waals surface area contributed by atoms with Crippen molar-refractivity contribution in [3.8, 4) is 0 Å². The zero-order chi connectivity index (χ0) is 17.3. The van der Waals surface area contributed by atoms with E-state index >= 15 is 0 Å². The SMILES string of the molecule is CC(C)N(C(=O)C=Cc1nc2cc(Cl)c(Cl)c(Cl)c2[nH]1)C(C)C. The Balaban J connectivity index is 2.31. The number of carbonyl (C=O) groups is 1. The first-order valence-corrected chi connectivity index (χ1v) is 8.39. The second-order valence-electron chi connectivity index (χ2n) is 5.77. The molecule has 0 aliphatic heterocycles. The number of aromatic nitrogens is 2. The molecule has 7 heteroatoms. The zero-order valence-corrected chi connectivity index (χ0v) is 15.6. The van der Waals surface area contributed by atoms with Gasteiger partial charge in [0.15, 0.2) is 0 Å². The summed E-state index contributed by atoms with van der Waals surface area (Å²) >= 11 is 18.2. The average molecular weight is 375 g/mol. The van der Waals surface area contributed by atoms with Crippen LogP contribution in [0.5, 0.6) is 0 Å². The maximum atomic E-state index is 12.3. The molecule has 4 nitrogen and oxygen atoms in total. The molecule has 0 atom stereocenters. The Morgan fingerprint density at radius 2 is 1.78 bits per heavy atom. The third-order valence-electron chi connectivity index (χ3n) is 3.39. The lowest BCUT2D eigenvalue weighted by molar-refractivity contribution is -0.129. The van der Waals surface area contributed by atoms with Gasteiger partial charge in [0.1, 0.15) is 5.82 Å². The lowest BCUT2D eigenvalue weighted by atomic mass is 10.2. The van der Waals surface area contributed by atoms with Crippen molar-refractivity contribution in [3.63, 3.8) is 0 Å². The van der Waals surface area contributed by atoms with Crippen LogP contribution in [-0.2, 0) is 4.79 Å². The molecular weight excluding hydrogens is 357 g/mol. The van der Waals surface area contributed by atoms with Crippen LogP contribution in [0.1, 0.15) is 33.5 Å². The maximum absolute atomic E-state index is 12.3. The highest BCUT2D eigenvalue weighted by atomic mass is 35.5. The molecule has 0 spiro atoms. The van der Waals surface area contributed by atoms with Crippen molar-refractivity contribution in [1.82, 2.24) is 14.9 Å². The van der Waals surface area contributed by atoms with Crippen LogP contribution < -0.4 is 0 Å². The van der Waals surface area contributed by atoms with Gasteiger partial charge >= 0.3 is 0 Å². The van der Waals surface area contributed by atoms with Gasteiger partial charge in [-0.1, -0.05) is 34.8 Å². The van der Waals surface area contributed by atoms with Gasteiger partial charge in [0, 0.05) is 18.2 Å². The Morgan fingerprint density at radius 3 is 2.35 bits per heavy atom. The molecule has 0 bridgehead atoms. The van der Waals surface area contributed by atoms with Gasteiger partial charge in [0.05, 0.1) is 26.1 Å². The number of nitrogens with one attached hydrogen (secondary N) is 1. The number of aromatic amines is 1. The van der Waals surface area contributed by atoms with Gasteiger partial charge < -0.3 is 9.88 Å². The Labute approximate surface area is 150 Å². The van der Waals surface area contributed by atoms with Crippen LogP contribution in [-0.4, -0.2) is 32.9 Å². The van der Waals surface area contributed by atoms with E-state index in [9.17, 15) is 4.79 Å². The summed E-state index contributed by atoms with van der Waals surface area (Å²) in [4.78, 5) is 21.5. The highest BCUT2D eigenvalue weighted by molar-refractivity contribution is 6.50. The summed E-state index contributed by atoms with van der Waals surface area (Å²) in [5.41, 5.74) is 1.19. The van der Waals surface area contributed by atoms with Gasteiger partial charge in [0.2, 0.25) is 5.91 Å². The molecule has 1 amide bonds. The molecule has 0 aliphatic rings. The van der Waals surface area contributed by atoms with Crippen molar-refractivity contribution in [2.75, 3.05) is 0 Å². The van der Waals surface area contributed by atoms with Crippen molar-refractivity contribution >= 4 is 57.8 Å². The van der Waals surface area contributed by atoms with Crippen LogP contribution in [0.25, 0.3) is 17.1 Å². The number of nitrogens with zero attached hydrogens (tertiary/aromatic N) is 2. The smallest absolute Gasteiger partial charge is 0.247 e. The quantitative estimate of drug-likeness (QED) is 0.592. The predicted molar refractivity (Wildman–Crippen MR) is 97.3 cm³/mol. The van der Waals surface area contributed by atoms with Gasteiger partial charge in [-0.2, -0.15) is 0 Å². The Hall–Kier alpha value is -1.23. The molecule has 23 heavy (non-hydrogen) atoms. The number of rotatable bonds is 4. The number of amides is 1. The van der Waals surface area contributed by atoms with Gasteiger partial charge in [-0.3, -0.25) is 4.79 Å².